The zero-order chi connectivity index (χ0) is 16.0. The summed E-state index contributed by atoms with van der Waals surface area (Å²) in [5.74, 6) is -2.95. The largest absolute Gasteiger partial charge is 0.871 e. The van der Waals surface area contributed by atoms with E-state index in [2.05, 4.69) is 0 Å². The Bertz CT molecular complexity index is 840. The number of nitrogens with zero attached hydrogens (tertiary/aromatic N) is 1. The van der Waals surface area contributed by atoms with E-state index in [1.54, 1.807) is 13.0 Å². The minimum atomic E-state index is -1.19. The average molecular weight is 296 g/mol. The second kappa shape index (κ2) is 4.70. The number of anilines is 1. The van der Waals surface area contributed by atoms with Crippen LogP contribution in [0.4, 0.5) is 5.69 Å². The highest BCUT2D eigenvalue weighted by atomic mass is 16.4. The van der Waals surface area contributed by atoms with Crippen molar-refractivity contribution >= 4 is 23.5 Å². The van der Waals surface area contributed by atoms with Crippen molar-refractivity contribution in [2.45, 2.75) is 6.92 Å². The van der Waals surface area contributed by atoms with E-state index in [4.69, 9.17) is 5.11 Å². The quantitative estimate of drug-likeness (QED) is 0.848. The highest BCUT2D eigenvalue weighted by Gasteiger charge is 2.37. The van der Waals surface area contributed by atoms with E-state index < -0.39 is 23.5 Å². The highest BCUT2D eigenvalue weighted by Crippen LogP contribution is 2.33. The second-order valence-corrected chi connectivity index (χ2v) is 4.98. The summed E-state index contributed by atoms with van der Waals surface area (Å²) in [6.07, 6.45) is 0. The molecule has 22 heavy (non-hydrogen) atoms. The fraction of sp³-hybridized carbons (Fsp3) is 0.0625. The number of rotatable bonds is 2. The van der Waals surface area contributed by atoms with Gasteiger partial charge in [-0.2, -0.15) is 0 Å². The van der Waals surface area contributed by atoms with Crippen LogP contribution in [0, 0.1) is 6.92 Å². The number of aryl methyl sites for hydroxylation is 1. The molecule has 0 atom stereocenters. The molecule has 1 aliphatic heterocycles. The van der Waals surface area contributed by atoms with E-state index >= 15 is 0 Å². The Balaban J connectivity index is 2.14. The van der Waals surface area contributed by atoms with Gasteiger partial charge in [0.15, 0.2) is 0 Å². The minimum Gasteiger partial charge on any atom is -0.871 e. The molecule has 1 heterocycles. The van der Waals surface area contributed by atoms with Gasteiger partial charge in [-0.15, -0.1) is 0 Å². The van der Waals surface area contributed by atoms with Crippen LogP contribution >= 0.6 is 0 Å². The number of carbonyl (C=O) groups is 3. The van der Waals surface area contributed by atoms with Crippen molar-refractivity contribution in [1.29, 1.82) is 0 Å². The number of hydrogen-bond donors (Lipinski definition) is 1. The first-order valence-electron chi connectivity index (χ1n) is 6.44. The van der Waals surface area contributed by atoms with Gasteiger partial charge >= 0.3 is 5.97 Å². The number of hydrogen-bond acceptors (Lipinski definition) is 4. The fourth-order valence-corrected chi connectivity index (χ4v) is 2.39. The first-order chi connectivity index (χ1) is 10.4. The lowest BCUT2D eigenvalue weighted by Crippen LogP contribution is -2.30. The number of imide groups is 1. The van der Waals surface area contributed by atoms with Crippen LogP contribution < -0.4 is 10.0 Å². The molecule has 0 unspecified atom stereocenters. The standard InChI is InChI=1S/C16H11NO5/c1-8-2-5-13(18)12(6-8)17-14(19)10-4-3-9(16(21)22)7-11(10)15(17)20/h2-7,18H,1H3,(H,21,22)/p-1. The third-order valence-electron chi connectivity index (χ3n) is 3.49. The van der Waals surface area contributed by atoms with Crippen molar-refractivity contribution < 1.29 is 24.6 Å². The van der Waals surface area contributed by atoms with Crippen molar-refractivity contribution in [2.24, 2.45) is 0 Å². The van der Waals surface area contributed by atoms with Gasteiger partial charge in [-0.3, -0.25) is 9.59 Å². The van der Waals surface area contributed by atoms with Crippen LogP contribution in [0.2, 0.25) is 0 Å². The molecule has 0 saturated heterocycles. The average Bonchev–Trinajstić information content (AvgIpc) is 2.73. The van der Waals surface area contributed by atoms with E-state index in [9.17, 15) is 19.5 Å². The Hall–Kier alpha value is -3.15. The third-order valence-corrected chi connectivity index (χ3v) is 3.49. The second-order valence-electron chi connectivity index (χ2n) is 4.98. The van der Waals surface area contributed by atoms with Gasteiger partial charge in [0.05, 0.1) is 16.7 Å². The summed E-state index contributed by atoms with van der Waals surface area (Å²) in [5.41, 5.74) is 0.704. The molecule has 0 aliphatic carbocycles. The molecular weight excluding hydrogens is 286 g/mol. The summed E-state index contributed by atoms with van der Waals surface area (Å²) < 4.78 is 0. The van der Waals surface area contributed by atoms with Crippen LogP contribution in [0.3, 0.4) is 0 Å². The Morgan fingerprint density at radius 1 is 1.05 bits per heavy atom. The normalized spacial score (nSPS) is 13.4. The topological polar surface area (TPSA) is 97.7 Å². The molecule has 2 aromatic carbocycles. The molecule has 2 amide bonds. The lowest BCUT2D eigenvalue weighted by Gasteiger charge is -2.21. The molecule has 1 N–H and O–H groups in total. The van der Waals surface area contributed by atoms with Gasteiger partial charge in [0.2, 0.25) is 0 Å². The number of amides is 2. The Morgan fingerprint density at radius 3 is 2.41 bits per heavy atom. The molecule has 6 heteroatoms. The van der Waals surface area contributed by atoms with Crippen molar-refractivity contribution in [3.8, 4) is 5.75 Å². The first-order valence-corrected chi connectivity index (χ1v) is 6.44. The SMILES string of the molecule is Cc1ccc([O-])c(N2C(=O)c3ccc(C(=O)O)cc3C2=O)c1. The number of carboxylic acids is 1. The van der Waals surface area contributed by atoms with Crippen molar-refractivity contribution in [3.05, 3.63) is 58.7 Å². The zero-order valence-electron chi connectivity index (χ0n) is 11.5. The molecule has 0 radical (unpaired) electrons. The fourth-order valence-electron chi connectivity index (χ4n) is 2.39. The molecule has 0 spiro atoms. The molecule has 1 aliphatic rings. The molecule has 0 aromatic heterocycles. The number of fused-ring (bicyclic) bond motifs is 1. The monoisotopic (exact) mass is 296 g/mol. The maximum absolute atomic E-state index is 12.4. The van der Waals surface area contributed by atoms with Crippen LogP contribution in [0.15, 0.2) is 36.4 Å². The Kier molecular flexibility index (Phi) is 2.95. The Labute approximate surface area is 125 Å². The predicted octanol–water partition coefficient (Wildman–Crippen LogP) is 1.57. The molecule has 2 aromatic rings. The smallest absolute Gasteiger partial charge is 0.335 e. The highest BCUT2D eigenvalue weighted by molar-refractivity contribution is 6.35. The maximum Gasteiger partial charge on any atom is 0.335 e. The molecule has 110 valence electrons. The van der Waals surface area contributed by atoms with E-state index in [0.717, 1.165) is 16.5 Å². The van der Waals surface area contributed by atoms with E-state index in [1.807, 2.05) is 0 Å². The molecule has 6 nitrogen and oxygen atoms in total. The molecule has 3 rings (SSSR count). The van der Waals surface area contributed by atoms with Gasteiger partial charge in [-0.05, 0) is 36.8 Å². The summed E-state index contributed by atoms with van der Waals surface area (Å²) in [7, 11) is 0. The van der Waals surface area contributed by atoms with E-state index in [1.165, 1.54) is 24.3 Å². The summed E-state index contributed by atoms with van der Waals surface area (Å²) in [4.78, 5) is 36.6. The van der Waals surface area contributed by atoms with Gasteiger partial charge in [-0.25, -0.2) is 9.69 Å². The maximum atomic E-state index is 12.4. The summed E-state index contributed by atoms with van der Waals surface area (Å²) >= 11 is 0. The summed E-state index contributed by atoms with van der Waals surface area (Å²) in [6, 6.07) is 8.03. The van der Waals surface area contributed by atoms with E-state index in [0.29, 0.717) is 0 Å². The zero-order valence-corrected chi connectivity index (χ0v) is 11.5. The number of carbonyl (C=O) groups excluding carboxylic acids is 2. The van der Waals surface area contributed by atoms with Crippen molar-refractivity contribution in [1.82, 2.24) is 0 Å². The minimum absolute atomic E-state index is 0.00851. The molecule has 0 bridgehead atoms. The van der Waals surface area contributed by atoms with Gasteiger partial charge in [-0.1, -0.05) is 17.9 Å². The number of aromatic carboxylic acids is 1. The van der Waals surface area contributed by atoms with Crippen LogP contribution in [0.5, 0.6) is 5.75 Å². The summed E-state index contributed by atoms with van der Waals surface area (Å²) in [5, 5.41) is 20.9. The number of benzene rings is 2. The van der Waals surface area contributed by atoms with Gasteiger partial charge < -0.3 is 10.2 Å². The lowest BCUT2D eigenvalue weighted by atomic mass is 10.1. The van der Waals surface area contributed by atoms with Crippen LogP contribution in [-0.2, 0) is 0 Å². The van der Waals surface area contributed by atoms with Crippen molar-refractivity contribution in [2.75, 3.05) is 4.90 Å². The van der Waals surface area contributed by atoms with E-state index in [-0.39, 0.29) is 22.4 Å². The molecular formula is C16H10NO5-. The summed E-state index contributed by atoms with van der Waals surface area (Å²) in [6.45, 7) is 1.74. The van der Waals surface area contributed by atoms with Crippen LogP contribution in [-0.4, -0.2) is 22.9 Å². The first kappa shape index (κ1) is 13.8. The Morgan fingerprint density at radius 2 is 1.73 bits per heavy atom. The third kappa shape index (κ3) is 1.93. The predicted molar refractivity (Wildman–Crippen MR) is 75.2 cm³/mol. The molecule has 0 saturated carbocycles. The van der Waals surface area contributed by atoms with Gasteiger partial charge in [0.25, 0.3) is 11.8 Å². The van der Waals surface area contributed by atoms with Crippen LogP contribution in [0.1, 0.15) is 36.6 Å². The van der Waals surface area contributed by atoms with Gasteiger partial charge in [0, 0.05) is 5.69 Å². The van der Waals surface area contributed by atoms with Crippen molar-refractivity contribution in [3.63, 3.8) is 0 Å². The van der Waals surface area contributed by atoms with Gasteiger partial charge in [0.1, 0.15) is 0 Å². The molecule has 0 fully saturated rings. The number of carboxylic acid groups (broad SMARTS) is 1. The van der Waals surface area contributed by atoms with Crippen LogP contribution in [0.25, 0.3) is 0 Å². The lowest BCUT2D eigenvalue weighted by molar-refractivity contribution is -0.267.